The van der Waals surface area contributed by atoms with Gasteiger partial charge in [0.25, 0.3) is 11.8 Å². The third kappa shape index (κ3) is 1.31. The number of aliphatic carboxylic acids is 1. The Hall–Kier alpha value is -2.68. The Morgan fingerprint density at radius 3 is 2.06 bits per heavy atom. The fourth-order valence-corrected chi connectivity index (χ4v) is 1.79. The van der Waals surface area contributed by atoms with E-state index in [-0.39, 0.29) is 11.1 Å². The number of amides is 2. The Morgan fingerprint density at radius 1 is 1.28 bits per heavy atom. The van der Waals surface area contributed by atoms with Crippen LogP contribution >= 0.6 is 0 Å². The van der Waals surface area contributed by atoms with Crippen molar-refractivity contribution < 1.29 is 19.5 Å². The molecule has 2 rings (SSSR count). The summed E-state index contributed by atoms with van der Waals surface area (Å²) in [6.45, 7) is 1.02. The quantitative estimate of drug-likeness (QED) is 0.770. The first-order valence-electron chi connectivity index (χ1n) is 5.06. The first kappa shape index (κ1) is 11.8. The van der Waals surface area contributed by atoms with E-state index in [9.17, 15) is 14.4 Å². The zero-order valence-electron chi connectivity index (χ0n) is 9.38. The molecule has 0 aromatic heterocycles. The summed E-state index contributed by atoms with van der Waals surface area (Å²) in [5.74, 6) is -3.07. The molecule has 6 heteroatoms. The standard InChI is InChI=1S/C12H8N2O4/c1-12(6-13,11(17)18)14-9(15)7-4-2-3-5-8(7)10(14)16/h2-5H,1H3,(H,17,18). The molecule has 0 aliphatic carbocycles. The largest absolute Gasteiger partial charge is 0.479 e. The van der Waals surface area contributed by atoms with Crippen LogP contribution in [0.25, 0.3) is 0 Å². The molecule has 18 heavy (non-hydrogen) atoms. The maximum atomic E-state index is 12.0. The molecular formula is C12H8N2O4. The number of nitriles is 1. The number of imide groups is 1. The molecule has 0 bridgehead atoms. The van der Waals surface area contributed by atoms with Gasteiger partial charge in [-0.05, 0) is 19.1 Å². The second kappa shape index (κ2) is 3.67. The van der Waals surface area contributed by atoms with Crippen molar-refractivity contribution in [3.63, 3.8) is 0 Å². The molecule has 1 heterocycles. The minimum absolute atomic E-state index is 0.116. The van der Waals surface area contributed by atoms with E-state index < -0.39 is 23.3 Å². The van der Waals surface area contributed by atoms with Crippen LogP contribution in [0.3, 0.4) is 0 Å². The third-order valence-electron chi connectivity index (χ3n) is 2.88. The number of carboxylic acid groups (broad SMARTS) is 1. The van der Waals surface area contributed by atoms with Crippen LogP contribution in [0.4, 0.5) is 0 Å². The maximum Gasteiger partial charge on any atom is 0.344 e. The number of carboxylic acids is 1. The van der Waals surface area contributed by atoms with Crippen molar-refractivity contribution in [2.75, 3.05) is 0 Å². The number of benzene rings is 1. The smallest absolute Gasteiger partial charge is 0.344 e. The average molecular weight is 244 g/mol. The molecule has 1 unspecified atom stereocenters. The highest BCUT2D eigenvalue weighted by molar-refractivity contribution is 6.23. The van der Waals surface area contributed by atoms with Gasteiger partial charge in [-0.1, -0.05) is 12.1 Å². The molecule has 1 atom stereocenters. The number of hydrogen-bond donors (Lipinski definition) is 1. The van der Waals surface area contributed by atoms with Crippen LogP contribution in [0.1, 0.15) is 27.6 Å². The minimum Gasteiger partial charge on any atom is -0.479 e. The Morgan fingerprint density at radius 2 is 1.72 bits per heavy atom. The van der Waals surface area contributed by atoms with Crippen LogP contribution in [0.5, 0.6) is 0 Å². The first-order chi connectivity index (χ1) is 8.43. The molecular weight excluding hydrogens is 236 g/mol. The van der Waals surface area contributed by atoms with Crippen molar-refractivity contribution in [2.45, 2.75) is 12.5 Å². The van der Waals surface area contributed by atoms with E-state index in [0.29, 0.717) is 4.90 Å². The van der Waals surface area contributed by atoms with Gasteiger partial charge in [0.15, 0.2) is 0 Å². The molecule has 0 radical (unpaired) electrons. The summed E-state index contributed by atoms with van der Waals surface area (Å²) >= 11 is 0. The van der Waals surface area contributed by atoms with E-state index >= 15 is 0 Å². The first-order valence-corrected chi connectivity index (χ1v) is 5.06. The second-order valence-electron chi connectivity index (χ2n) is 3.98. The van der Waals surface area contributed by atoms with Gasteiger partial charge >= 0.3 is 5.97 Å². The highest BCUT2D eigenvalue weighted by Gasteiger charge is 2.51. The molecule has 1 aliphatic rings. The molecule has 1 aromatic carbocycles. The Bertz CT molecular complexity index is 582. The number of fused-ring (bicyclic) bond motifs is 1. The lowest BCUT2D eigenvalue weighted by Gasteiger charge is -2.26. The van der Waals surface area contributed by atoms with Crippen LogP contribution in [-0.2, 0) is 4.79 Å². The summed E-state index contributed by atoms with van der Waals surface area (Å²) in [5.41, 5.74) is -1.97. The number of nitrogens with zero attached hydrogens (tertiary/aromatic N) is 2. The summed E-state index contributed by atoms with van der Waals surface area (Å²) < 4.78 is 0. The molecule has 2 amide bonds. The number of hydrogen-bond acceptors (Lipinski definition) is 4. The number of rotatable bonds is 2. The molecule has 0 spiro atoms. The van der Waals surface area contributed by atoms with Gasteiger partial charge in [-0.2, -0.15) is 5.26 Å². The van der Waals surface area contributed by atoms with E-state index in [1.165, 1.54) is 18.2 Å². The predicted octanol–water partition coefficient (Wildman–Crippen LogP) is 0.649. The van der Waals surface area contributed by atoms with E-state index in [1.807, 2.05) is 0 Å². The molecule has 1 aliphatic heterocycles. The van der Waals surface area contributed by atoms with Crippen molar-refractivity contribution in [3.8, 4) is 6.07 Å². The van der Waals surface area contributed by atoms with Crippen molar-refractivity contribution >= 4 is 17.8 Å². The van der Waals surface area contributed by atoms with Crippen molar-refractivity contribution in [2.24, 2.45) is 0 Å². The lowest BCUT2D eigenvalue weighted by atomic mass is 10.0. The van der Waals surface area contributed by atoms with Gasteiger partial charge in [0.1, 0.15) is 6.07 Å². The van der Waals surface area contributed by atoms with E-state index in [2.05, 4.69) is 0 Å². The van der Waals surface area contributed by atoms with E-state index in [1.54, 1.807) is 12.1 Å². The highest BCUT2D eigenvalue weighted by Crippen LogP contribution is 2.29. The minimum atomic E-state index is -2.20. The highest BCUT2D eigenvalue weighted by atomic mass is 16.4. The molecule has 0 fully saturated rings. The summed E-state index contributed by atoms with van der Waals surface area (Å²) in [4.78, 5) is 35.6. The van der Waals surface area contributed by atoms with Crippen molar-refractivity contribution in [1.82, 2.24) is 4.90 Å². The molecule has 0 saturated heterocycles. The maximum absolute atomic E-state index is 12.0. The van der Waals surface area contributed by atoms with E-state index in [0.717, 1.165) is 6.92 Å². The Labute approximate surface area is 102 Å². The van der Waals surface area contributed by atoms with Gasteiger partial charge < -0.3 is 5.11 Å². The van der Waals surface area contributed by atoms with Gasteiger partial charge in [0, 0.05) is 0 Å². The monoisotopic (exact) mass is 244 g/mol. The second-order valence-corrected chi connectivity index (χ2v) is 3.98. The van der Waals surface area contributed by atoms with Crippen LogP contribution < -0.4 is 0 Å². The summed E-state index contributed by atoms with van der Waals surface area (Å²) in [7, 11) is 0. The normalized spacial score (nSPS) is 17.0. The lowest BCUT2D eigenvalue weighted by molar-refractivity contribution is -0.144. The molecule has 6 nitrogen and oxygen atoms in total. The van der Waals surface area contributed by atoms with Crippen LogP contribution in [-0.4, -0.2) is 33.3 Å². The summed E-state index contributed by atoms with van der Waals surface area (Å²) in [5, 5.41) is 18.0. The summed E-state index contributed by atoms with van der Waals surface area (Å²) in [6.07, 6.45) is 0. The molecule has 1 N–H and O–H groups in total. The third-order valence-corrected chi connectivity index (χ3v) is 2.88. The molecule has 90 valence electrons. The number of carbonyl (C=O) groups is 3. The Kier molecular flexibility index (Phi) is 2.40. The molecule has 1 aromatic rings. The van der Waals surface area contributed by atoms with Crippen LogP contribution in [0, 0.1) is 11.3 Å². The fraction of sp³-hybridized carbons (Fsp3) is 0.167. The zero-order valence-corrected chi connectivity index (χ0v) is 9.38. The predicted molar refractivity (Wildman–Crippen MR) is 58.6 cm³/mol. The molecule has 0 saturated carbocycles. The number of carbonyl (C=O) groups excluding carboxylic acids is 2. The van der Waals surface area contributed by atoms with Gasteiger partial charge in [-0.15, -0.1) is 0 Å². The SMILES string of the molecule is CC(C#N)(C(=O)O)N1C(=O)c2ccccc2C1=O. The van der Waals surface area contributed by atoms with Crippen molar-refractivity contribution in [3.05, 3.63) is 35.4 Å². The average Bonchev–Trinajstić information content (AvgIpc) is 2.62. The Balaban J connectivity index is 2.60. The van der Waals surface area contributed by atoms with Crippen LogP contribution in [0.15, 0.2) is 24.3 Å². The zero-order chi connectivity index (χ0) is 13.5. The summed E-state index contributed by atoms with van der Waals surface area (Å²) in [6, 6.07) is 7.49. The lowest BCUT2D eigenvalue weighted by Crippen LogP contribution is -2.54. The van der Waals surface area contributed by atoms with Gasteiger partial charge in [0.2, 0.25) is 5.54 Å². The van der Waals surface area contributed by atoms with Gasteiger partial charge in [0.05, 0.1) is 11.1 Å². The van der Waals surface area contributed by atoms with Gasteiger partial charge in [-0.3, -0.25) is 9.59 Å². The fourth-order valence-electron chi connectivity index (χ4n) is 1.79. The van der Waals surface area contributed by atoms with Crippen LogP contribution in [0.2, 0.25) is 0 Å². The van der Waals surface area contributed by atoms with E-state index in [4.69, 9.17) is 10.4 Å². The topological polar surface area (TPSA) is 98.5 Å². The van der Waals surface area contributed by atoms with Crippen molar-refractivity contribution in [1.29, 1.82) is 5.26 Å². The van der Waals surface area contributed by atoms with Gasteiger partial charge in [-0.25, -0.2) is 9.69 Å².